The summed E-state index contributed by atoms with van der Waals surface area (Å²) in [7, 11) is 0. The van der Waals surface area contributed by atoms with Crippen LogP contribution >= 0.6 is 0 Å². The van der Waals surface area contributed by atoms with Crippen molar-refractivity contribution in [2.45, 2.75) is 51.4 Å². The van der Waals surface area contributed by atoms with E-state index < -0.39 is 0 Å². The molecule has 3 heteroatoms. The minimum absolute atomic E-state index is 0.189. The summed E-state index contributed by atoms with van der Waals surface area (Å²) in [5, 5.41) is 3.37. The maximum atomic E-state index is 5.89. The number of hydrogen-bond donors (Lipinski definition) is 1. The van der Waals surface area contributed by atoms with E-state index >= 15 is 0 Å². The van der Waals surface area contributed by atoms with E-state index in [9.17, 15) is 0 Å². The summed E-state index contributed by atoms with van der Waals surface area (Å²) in [6.07, 6.45) is 6.85. The van der Waals surface area contributed by atoms with Crippen molar-refractivity contribution in [2.75, 3.05) is 13.2 Å². The lowest BCUT2D eigenvalue weighted by atomic mass is 9.87. The van der Waals surface area contributed by atoms with Crippen molar-refractivity contribution in [3.05, 3.63) is 42.0 Å². The molecule has 1 aromatic rings. The highest BCUT2D eigenvalue weighted by Gasteiger charge is 2.38. The normalized spacial score (nSPS) is 32.6. The Bertz CT molecular complexity index is 582. The number of nitrogens with one attached hydrogen (secondary N) is 1. The molecule has 1 aliphatic heterocycles. The van der Waals surface area contributed by atoms with Crippen LogP contribution in [0.5, 0.6) is 5.75 Å². The Morgan fingerprint density at radius 3 is 2.62 bits per heavy atom. The van der Waals surface area contributed by atoms with E-state index in [0.717, 1.165) is 36.7 Å². The Morgan fingerprint density at radius 2 is 2.04 bits per heavy atom. The maximum Gasteiger partial charge on any atom is 0.196 e. The zero-order valence-electron chi connectivity index (χ0n) is 14.7. The third-order valence-electron chi connectivity index (χ3n) is 6.18. The third kappa shape index (κ3) is 3.38. The first-order valence-electron chi connectivity index (χ1n) is 9.48. The van der Waals surface area contributed by atoms with Crippen molar-refractivity contribution >= 4 is 0 Å². The Hall–Kier alpha value is -1.32. The van der Waals surface area contributed by atoms with Gasteiger partial charge >= 0.3 is 0 Å². The highest BCUT2D eigenvalue weighted by atomic mass is 16.7. The van der Waals surface area contributed by atoms with Gasteiger partial charge in [-0.15, -0.1) is 0 Å². The van der Waals surface area contributed by atoms with Crippen LogP contribution in [0, 0.1) is 17.8 Å². The minimum Gasteiger partial charge on any atom is -0.465 e. The van der Waals surface area contributed by atoms with Crippen LogP contribution in [-0.2, 0) is 4.74 Å². The summed E-state index contributed by atoms with van der Waals surface area (Å²) in [5.74, 6) is 3.78. The lowest BCUT2D eigenvalue weighted by Crippen LogP contribution is -2.37. The molecule has 2 aliphatic carbocycles. The van der Waals surface area contributed by atoms with Crippen LogP contribution in [0.25, 0.3) is 0 Å². The summed E-state index contributed by atoms with van der Waals surface area (Å²) < 4.78 is 11.8. The fraction of sp³-hybridized carbons (Fsp3) is 0.619. The van der Waals surface area contributed by atoms with Crippen LogP contribution in [0.2, 0.25) is 0 Å². The predicted molar refractivity (Wildman–Crippen MR) is 95.9 cm³/mol. The van der Waals surface area contributed by atoms with Gasteiger partial charge in [0.25, 0.3) is 0 Å². The molecule has 1 aromatic carbocycles. The van der Waals surface area contributed by atoms with Gasteiger partial charge in [-0.25, -0.2) is 0 Å². The molecule has 24 heavy (non-hydrogen) atoms. The Morgan fingerprint density at radius 1 is 1.21 bits per heavy atom. The molecule has 2 saturated carbocycles. The first kappa shape index (κ1) is 16.2. The van der Waals surface area contributed by atoms with Crippen molar-refractivity contribution < 1.29 is 9.47 Å². The fourth-order valence-corrected chi connectivity index (χ4v) is 4.78. The smallest absolute Gasteiger partial charge is 0.196 e. The summed E-state index contributed by atoms with van der Waals surface area (Å²) in [6, 6.07) is 8.59. The van der Waals surface area contributed by atoms with Crippen LogP contribution in [0.4, 0.5) is 0 Å². The van der Waals surface area contributed by atoms with Crippen LogP contribution < -0.4 is 10.1 Å². The van der Waals surface area contributed by atoms with Gasteiger partial charge in [-0.3, -0.25) is 0 Å². The van der Waals surface area contributed by atoms with Crippen molar-refractivity contribution in [3.63, 3.8) is 0 Å². The van der Waals surface area contributed by atoms with Gasteiger partial charge in [-0.1, -0.05) is 25.1 Å². The second-order valence-electron chi connectivity index (χ2n) is 7.82. The molecular weight excluding hydrogens is 298 g/mol. The molecule has 0 amide bonds. The largest absolute Gasteiger partial charge is 0.465 e. The minimum atomic E-state index is -0.189. The Balaban J connectivity index is 1.20. The van der Waals surface area contributed by atoms with Crippen LogP contribution in [-0.4, -0.2) is 19.4 Å². The summed E-state index contributed by atoms with van der Waals surface area (Å²) in [5.41, 5.74) is 2.50. The van der Waals surface area contributed by atoms with Gasteiger partial charge in [0.2, 0.25) is 0 Å². The van der Waals surface area contributed by atoms with Crippen molar-refractivity contribution in [3.8, 4) is 5.75 Å². The number of rotatable bonds is 7. The number of benzene rings is 1. The first-order chi connectivity index (χ1) is 11.7. The SMILES string of the molecule is C=C1CNC1c1ccc(OC(C)OCCC2CC3CCC2C3)cc1. The van der Waals surface area contributed by atoms with Gasteiger partial charge < -0.3 is 14.8 Å². The lowest BCUT2D eigenvalue weighted by molar-refractivity contribution is -0.0716. The molecule has 1 saturated heterocycles. The number of hydrogen-bond acceptors (Lipinski definition) is 3. The van der Waals surface area contributed by atoms with Crippen molar-refractivity contribution in [1.29, 1.82) is 0 Å². The molecule has 1 N–H and O–H groups in total. The molecule has 2 bridgehead atoms. The summed E-state index contributed by atoms with van der Waals surface area (Å²) in [4.78, 5) is 0. The molecule has 130 valence electrons. The van der Waals surface area contributed by atoms with E-state index in [-0.39, 0.29) is 6.29 Å². The zero-order valence-corrected chi connectivity index (χ0v) is 14.7. The fourth-order valence-electron chi connectivity index (χ4n) is 4.78. The molecule has 0 aromatic heterocycles. The molecule has 5 unspecified atom stereocenters. The molecular formula is C21H29NO2. The predicted octanol–water partition coefficient (Wildman–Crippen LogP) is 4.45. The van der Waals surface area contributed by atoms with E-state index in [4.69, 9.17) is 9.47 Å². The Kier molecular flexibility index (Phi) is 4.64. The van der Waals surface area contributed by atoms with E-state index in [1.807, 2.05) is 19.1 Å². The molecule has 5 atom stereocenters. The van der Waals surface area contributed by atoms with Gasteiger partial charge in [-0.05, 0) is 73.6 Å². The first-order valence-corrected chi connectivity index (χ1v) is 9.48. The molecule has 3 fully saturated rings. The average Bonchev–Trinajstić information content (AvgIpc) is 3.18. The zero-order chi connectivity index (χ0) is 16.5. The number of fused-ring (bicyclic) bond motifs is 2. The molecule has 3 aliphatic rings. The summed E-state index contributed by atoms with van der Waals surface area (Å²) >= 11 is 0. The summed E-state index contributed by atoms with van der Waals surface area (Å²) in [6.45, 7) is 7.79. The van der Waals surface area contributed by atoms with Crippen LogP contribution in [0.3, 0.4) is 0 Å². The maximum absolute atomic E-state index is 5.89. The third-order valence-corrected chi connectivity index (χ3v) is 6.18. The topological polar surface area (TPSA) is 30.5 Å². The quantitative estimate of drug-likeness (QED) is 0.592. The van der Waals surface area contributed by atoms with Crippen LogP contribution in [0.15, 0.2) is 36.4 Å². The molecule has 0 spiro atoms. The monoisotopic (exact) mass is 327 g/mol. The Labute approximate surface area is 145 Å². The highest BCUT2D eigenvalue weighted by molar-refractivity contribution is 5.36. The van der Waals surface area contributed by atoms with E-state index in [1.165, 1.54) is 43.2 Å². The second kappa shape index (κ2) is 6.89. The van der Waals surface area contributed by atoms with Crippen LogP contribution in [0.1, 0.15) is 50.6 Å². The van der Waals surface area contributed by atoms with E-state index in [1.54, 1.807) is 0 Å². The van der Waals surface area contributed by atoms with Crippen molar-refractivity contribution in [2.24, 2.45) is 17.8 Å². The van der Waals surface area contributed by atoms with E-state index in [0.29, 0.717) is 6.04 Å². The van der Waals surface area contributed by atoms with Gasteiger partial charge in [-0.2, -0.15) is 0 Å². The molecule has 3 nitrogen and oxygen atoms in total. The lowest BCUT2D eigenvalue weighted by Gasteiger charge is -2.31. The standard InChI is InChI=1S/C21H29NO2/c1-14-13-22-21(14)17-5-7-20(8-6-17)24-15(2)23-10-9-19-12-16-3-4-18(19)11-16/h5-8,15-16,18-19,21-22H,1,3-4,9-13H2,2H3. The average molecular weight is 327 g/mol. The van der Waals surface area contributed by atoms with Gasteiger partial charge in [0.1, 0.15) is 5.75 Å². The van der Waals surface area contributed by atoms with E-state index in [2.05, 4.69) is 24.0 Å². The highest BCUT2D eigenvalue weighted by Crippen LogP contribution is 2.49. The van der Waals surface area contributed by atoms with Gasteiger partial charge in [0, 0.05) is 6.54 Å². The molecule has 4 rings (SSSR count). The van der Waals surface area contributed by atoms with Gasteiger partial charge in [0.15, 0.2) is 6.29 Å². The van der Waals surface area contributed by atoms with Gasteiger partial charge in [0.05, 0.1) is 12.6 Å². The second-order valence-corrected chi connectivity index (χ2v) is 7.82. The van der Waals surface area contributed by atoms with Crippen molar-refractivity contribution in [1.82, 2.24) is 5.32 Å². The number of ether oxygens (including phenoxy) is 2. The molecule has 0 radical (unpaired) electrons. The molecule has 1 heterocycles.